The summed E-state index contributed by atoms with van der Waals surface area (Å²) in [6.45, 7) is 9.03. The van der Waals surface area contributed by atoms with Gasteiger partial charge in [-0.15, -0.1) is 0 Å². The maximum atomic E-state index is 12.2. The Morgan fingerprint density at radius 3 is 2.56 bits per heavy atom. The van der Waals surface area contributed by atoms with E-state index in [1.807, 2.05) is 38.1 Å². The van der Waals surface area contributed by atoms with Gasteiger partial charge in [0.05, 0.1) is 5.56 Å². The van der Waals surface area contributed by atoms with Crippen LogP contribution >= 0.6 is 15.9 Å². The minimum absolute atomic E-state index is 0.0398. The van der Waals surface area contributed by atoms with Gasteiger partial charge < -0.3 is 4.90 Å². The second-order valence-electron chi connectivity index (χ2n) is 3.76. The van der Waals surface area contributed by atoms with Crippen LogP contribution in [0.3, 0.4) is 0 Å². The van der Waals surface area contributed by atoms with Crippen molar-refractivity contribution in [3.05, 3.63) is 46.5 Å². The average molecular weight is 282 g/mol. The average Bonchev–Trinajstić information content (AvgIpc) is 2.25. The molecule has 1 aromatic rings. The summed E-state index contributed by atoms with van der Waals surface area (Å²) in [4.78, 5) is 14.0. The maximum Gasteiger partial charge on any atom is 0.255 e. The third-order valence-corrected chi connectivity index (χ3v) is 2.93. The number of carbonyl (C=O) groups is 1. The fourth-order valence-corrected chi connectivity index (χ4v) is 1.91. The van der Waals surface area contributed by atoms with E-state index in [-0.39, 0.29) is 5.91 Å². The fourth-order valence-electron chi connectivity index (χ4n) is 1.46. The number of halogens is 1. The van der Waals surface area contributed by atoms with Crippen LogP contribution in [0.5, 0.6) is 0 Å². The minimum Gasteiger partial charge on any atom is -0.335 e. The number of hydrogen-bond acceptors (Lipinski definition) is 1. The van der Waals surface area contributed by atoms with E-state index in [1.165, 1.54) is 0 Å². The van der Waals surface area contributed by atoms with E-state index in [2.05, 4.69) is 22.5 Å². The molecule has 0 saturated carbocycles. The largest absolute Gasteiger partial charge is 0.335 e. The molecule has 1 rings (SSSR count). The van der Waals surface area contributed by atoms with Crippen molar-refractivity contribution in [2.45, 2.75) is 13.8 Å². The Hall–Kier alpha value is -1.09. The van der Waals surface area contributed by atoms with E-state index >= 15 is 0 Å². The SMILES string of the molecule is C=C(C)CN(CC)C(=O)c1ccccc1Br. The van der Waals surface area contributed by atoms with Gasteiger partial charge in [-0.25, -0.2) is 0 Å². The molecule has 0 aliphatic rings. The van der Waals surface area contributed by atoms with E-state index in [1.54, 1.807) is 4.90 Å². The number of benzene rings is 1. The third kappa shape index (κ3) is 3.20. The van der Waals surface area contributed by atoms with Crippen LogP contribution in [0, 0.1) is 0 Å². The molecular weight excluding hydrogens is 266 g/mol. The topological polar surface area (TPSA) is 20.3 Å². The Morgan fingerprint density at radius 1 is 1.44 bits per heavy atom. The lowest BCUT2D eigenvalue weighted by Crippen LogP contribution is -2.32. The molecule has 0 N–H and O–H groups in total. The molecule has 0 radical (unpaired) electrons. The number of hydrogen-bond donors (Lipinski definition) is 0. The van der Waals surface area contributed by atoms with Crippen molar-refractivity contribution in [2.24, 2.45) is 0 Å². The smallest absolute Gasteiger partial charge is 0.255 e. The Bertz CT molecular complexity index is 401. The Kier molecular flexibility index (Phi) is 4.74. The summed E-state index contributed by atoms with van der Waals surface area (Å²) in [7, 11) is 0. The summed E-state index contributed by atoms with van der Waals surface area (Å²) in [6.07, 6.45) is 0. The standard InChI is InChI=1S/C13H16BrNO/c1-4-15(9-10(2)3)13(16)11-7-5-6-8-12(11)14/h5-8H,2,4,9H2,1,3H3. The van der Waals surface area contributed by atoms with Gasteiger partial charge in [-0.3, -0.25) is 4.79 Å². The van der Waals surface area contributed by atoms with Gasteiger partial charge in [0.25, 0.3) is 5.91 Å². The molecule has 0 spiro atoms. The van der Waals surface area contributed by atoms with Crippen molar-refractivity contribution in [2.75, 3.05) is 13.1 Å². The lowest BCUT2D eigenvalue weighted by Gasteiger charge is -2.21. The molecule has 3 heteroatoms. The predicted molar refractivity (Wildman–Crippen MR) is 70.5 cm³/mol. The highest BCUT2D eigenvalue weighted by Crippen LogP contribution is 2.18. The maximum absolute atomic E-state index is 12.2. The first kappa shape index (κ1) is 13.0. The van der Waals surface area contributed by atoms with Gasteiger partial charge in [0, 0.05) is 17.6 Å². The monoisotopic (exact) mass is 281 g/mol. The number of nitrogens with zero attached hydrogens (tertiary/aromatic N) is 1. The molecule has 0 bridgehead atoms. The van der Waals surface area contributed by atoms with Crippen LogP contribution in [-0.4, -0.2) is 23.9 Å². The molecule has 0 atom stereocenters. The van der Waals surface area contributed by atoms with Crippen LogP contribution < -0.4 is 0 Å². The van der Waals surface area contributed by atoms with Crippen LogP contribution in [0.1, 0.15) is 24.2 Å². The highest BCUT2D eigenvalue weighted by molar-refractivity contribution is 9.10. The first-order valence-corrected chi connectivity index (χ1v) is 6.03. The van der Waals surface area contributed by atoms with Crippen LogP contribution in [0.25, 0.3) is 0 Å². The van der Waals surface area contributed by atoms with Crippen LogP contribution in [0.4, 0.5) is 0 Å². The molecule has 1 aromatic carbocycles. The second kappa shape index (κ2) is 5.85. The molecule has 0 aromatic heterocycles. The summed E-state index contributed by atoms with van der Waals surface area (Å²) in [6, 6.07) is 7.47. The summed E-state index contributed by atoms with van der Waals surface area (Å²) >= 11 is 3.39. The van der Waals surface area contributed by atoms with E-state index in [4.69, 9.17) is 0 Å². The zero-order chi connectivity index (χ0) is 12.1. The highest BCUT2D eigenvalue weighted by atomic mass is 79.9. The Balaban J connectivity index is 2.91. The number of rotatable bonds is 4. The Morgan fingerprint density at radius 2 is 2.06 bits per heavy atom. The molecule has 16 heavy (non-hydrogen) atoms. The molecule has 0 aliphatic carbocycles. The zero-order valence-corrected chi connectivity index (χ0v) is 11.3. The van der Waals surface area contributed by atoms with Crippen LogP contribution in [-0.2, 0) is 0 Å². The lowest BCUT2D eigenvalue weighted by molar-refractivity contribution is 0.0777. The Labute approximate surface area is 105 Å². The van der Waals surface area contributed by atoms with Gasteiger partial charge in [-0.2, -0.15) is 0 Å². The number of amides is 1. The molecule has 0 aliphatic heterocycles. The molecule has 1 amide bonds. The fraction of sp³-hybridized carbons (Fsp3) is 0.308. The summed E-state index contributed by atoms with van der Waals surface area (Å²) < 4.78 is 0.833. The number of likely N-dealkylation sites (N-methyl/N-ethyl adjacent to an activating group) is 1. The van der Waals surface area contributed by atoms with Crippen molar-refractivity contribution < 1.29 is 4.79 Å². The van der Waals surface area contributed by atoms with Gasteiger partial charge in [-0.05, 0) is 41.9 Å². The van der Waals surface area contributed by atoms with Crippen molar-refractivity contribution in [1.82, 2.24) is 4.90 Å². The van der Waals surface area contributed by atoms with Crippen molar-refractivity contribution in [3.63, 3.8) is 0 Å². The first-order valence-electron chi connectivity index (χ1n) is 5.24. The predicted octanol–water partition coefficient (Wildman–Crippen LogP) is 3.49. The van der Waals surface area contributed by atoms with E-state index in [0.29, 0.717) is 18.7 Å². The van der Waals surface area contributed by atoms with E-state index in [0.717, 1.165) is 10.0 Å². The number of carbonyl (C=O) groups excluding carboxylic acids is 1. The molecule has 0 saturated heterocycles. The van der Waals surface area contributed by atoms with Crippen molar-refractivity contribution in [3.8, 4) is 0 Å². The van der Waals surface area contributed by atoms with Gasteiger partial charge in [0.1, 0.15) is 0 Å². The third-order valence-electron chi connectivity index (χ3n) is 2.23. The molecule has 0 heterocycles. The van der Waals surface area contributed by atoms with Crippen molar-refractivity contribution >= 4 is 21.8 Å². The summed E-state index contributed by atoms with van der Waals surface area (Å²) in [5, 5.41) is 0. The summed E-state index contributed by atoms with van der Waals surface area (Å²) in [5.41, 5.74) is 1.69. The van der Waals surface area contributed by atoms with Crippen molar-refractivity contribution in [1.29, 1.82) is 0 Å². The first-order chi connectivity index (χ1) is 7.56. The van der Waals surface area contributed by atoms with Gasteiger partial charge >= 0.3 is 0 Å². The molecular formula is C13H16BrNO. The van der Waals surface area contributed by atoms with E-state index < -0.39 is 0 Å². The van der Waals surface area contributed by atoms with Crippen LogP contribution in [0.15, 0.2) is 40.9 Å². The molecule has 0 fully saturated rings. The molecule has 2 nitrogen and oxygen atoms in total. The molecule has 0 unspecified atom stereocenters. The summed E-state index contributed by atoms with van der Waals surface area (Å²) in [5.74, 6) is 0.0398. The lowest BCUT2D eigenvalue weighted by atomic mass is 10.2. The molecule has 86 valence electrons. The van der Waals surface area contributed by atoms with E-state index in [9.17, 15) is 4.79 Å². The quantitative estimate of drug-likeness (QED) is 0.774. The zero-order valence-electron chi connectivity index (χ0n) is 9.66. The van der Waals surface area contributed by atoms with Gasteiger partial charge in [0.2, 0.25) is 0 Å². The van der Waals surface area contributed by atoms with Crippen LogP contribution in [0.2, 0.25) is 0 Å². The van der Waals surface area contributed by atoms with Gasteiger partial charge in [0.15, 0.2) is 0 Å². The highest BCUT2D eigenvalue weighted by Gasteiger charge is 2.15. The second-order valence-corrected chi connectivity index (χ2v) is 4.61. The normalized spacial score (nSPS) is 9.94. The minimum atomic E-state index is 0.0398. The van der Waals surface area contributed by atoms with Gasteiger partial charge in [-0.1, -0.05) is 24.3 Å².